The maximum atomic E-state index is 13.1. The number of rotatable bonds is 11. The lowest BCUT2D eigenvalue weighted by atomic mass is 10.0. The van der Waals surface area contributed by atoms with E-state index in [1.807, 2.05) is 52.0 Å². The van der Waals surface area contributed by atoms with Crippen LogP contribution in [0.3, 0.4) is 0 Å². The summed E-state index contributed by atoms with van der Waals surface area (Å²) in [7, 11) is 0. The molecular formula is C33H53N3O2. The zero-order chi connectivity index (χ0) is 27.6. The monoisotopic (exact) mass is 523 g/mol. The molecule has 2 fully saturated rings. The fourth-order valence-corrected chi connectivity index (χ4v) is 5.08. The molecule has 1 atom stereocenters. The molecule has 2 saturated heterocycles. The van der Waals surface area contributed by atoms with E-state index in [-0.39, 0.29) is 5.91 Å². The van der Waals surface area contributed by atoms with Crippen LogP contribution in [0.4, 0.5) is 0 Å². The highest BCUT2D eigenvalue weighted by Crippen LogP contribution is 2.25. The van der Waals surface area contributed by atoms with Gasteiger partial charge >= 0.3 is 0 Å². The van der Waals surface area contributed by atoms with Crippen molar-refractivity contribution in [1.29, 1.82) is 0 Å². The molecule has 4 rings (SSSR count). The molecule has 0 radical (unpaired) electrons. The molecule has 2 aliphatic heterocycles. The summed E-state index contributed by atoms with van der Waals surface area (Å²) in [6, 6.07) is 16.7. The predicted octanol–water partition coefficient (Wildman–Crippen LogP) is 7.27. The van der Waals surface area contributed by atoms with E-state index in [0.29, 0.717) is 6.04 Å². The van der Waals surface area contributed by atoms with E-state index in [4.69, 9.17) is 4.74 Å². The summed E-state index contributed by atoms with van der Waals surface area (Å²) in [6.45, 7) is 17.1. The van der Waals surface area contributed by atoms with E-state index >= 15 is 0 Å². The highest BCUT2D eigenvalue weighted by molar-refractivity contribution is 5.95. The Hall–Kier alpha value is -2.37. The Balaban J connectivity index is 0.00000121. The first-order chi connectivity index (χ1) is 18.7. The van der Waals surface area contributed by atoms with Crippen molar-refractivity contribution in [1.82, 2.24) is 15.1 Å². The molecule has 2 aromatic carbocycles. The molecule has 2 aromatic rings. The zero-order valence-electron chi connectivity index (χ0n) is 24.8. The Morgan fingerprint density at radius 2 is 1.50 bits per heavy atom. The van der Waals surface area contributed by atoms with Gasteiger partial charge in [0.05, 0.1) is 0 Å². The normalized spacial score (nSPS) is 17.2. The summed E-state index contributed by atoms with van der Waals surface area (Å²) in [5.41, 5.74) is 3.04. The standard InChI is InChI=1S/C29H41N3O2.2C2H6/c1-2-3-17-30-23-27-8-7-20-32(27)29(33)26-11-9-24(10-12-26)25-13-15-28(16-14-25)34-22-21-31-18-5-4-6-19-31;2*1-2/h9-16,27,30H,2-8,17-23H2,1H3;2*1-2H3. The van der Waals surface area contributed by atoms with Crippen LogP contribution in [0.5, 0.6) is 5.75 Å². The lowest BCUT2D eigenvalue weighted by Gasteiger charge is -2.26. The second-order valence-electron chi connectivity index (χ2n) is 9.70. The molecule has 0 aromatic heterocycles. The number of ether oxygens (including phenoxy) is 1. The quantitative estimate of drug-likeness (QED) is 0.315. The second-order valence-corrected chi connectivity index (χ2v) is 9.70. The summed E-state index contributed by atoms with van der Waals surface area (Å²) in [5.74, 6) is 1.07. The fourth-order valence-electron chi connectivity index (χ4n) is 5.08. The van der Waals surface area contributed by atoms with Crippen molar-refractivity contribution >= 4 is 5.91 Å². The Morgan fingerprint density at radius 1 is 0.868 bits per heavy atom. The van der Waals surface area contributed by atoms with Crippen molar-refractivity contribution in [3.05, 3.63) is 54.1 Å². The fraction of sp³-hybridized carbons (Fsp3) is 0.606. The Labute approximate surface area is 232 Å². The first kappa shape index (κ1) is 31.8. The van der Waals surface area contributed by atoms with Gasteiger partial charge in [-0.25, -0.2) is 0 Å². The average Bonchev–Trinajstić information content (AvgIpc) is 3.47. The average molecular weight is 524 g/mol. The molecule has 1 amide bonds. The van der Waals surface area contributed by atoms with E-state index in [9.17, 15) is 4.79 Å². The van der Waals surface area contributed by atoms with Gasteiger partial charge in [0.25, 0.3) is 5.91 Å². The van der Waals surface area contributed by atoms with Gasteiger partial charge in [-0.2, -0.15) is 0 Å². The van der Waals surface area contributed by atoms with Gasteiger partial charge in [0.2, 0.25) is 0 Å². The first-order valence-electron chi connectivity index (χ1n) is 15.3. The number of unbranched alkanes of at least 4 members (excludes halogenated alkanes) is 1. The van der Waals surface area contributed by atoms with Gasteiger partial charge in [0, 0.05) is 31.2 Å². The molecular weight excluding hydrogens is 470 g/mol. The van der Waals surface area contributed by atoms with Crippen molar-refractivity contribution in [2.45, 2.75) is 85.6 Å². The molecule has 0 bridgehead atoms. The number of carbonyl (C=O) groups excluding carboxylic acids is 1. The number of hydrogen-bond acceptors (Lipinski definition) is 4. The number of amides is 1. The Morgan fingerprint density at radius 3 is 2.13 bits per heavy atom. The predicted molar refractivity (Wildman–Crippen MR) is 162 cm³/mol. The van der Waals surface area contributed by atoms with Crippen LogP contribution in [-0.4, -0.2) is 67.6 Å². The third kappa shape index (κ3) is 10.1. The summed E-state index contributed by atoms with van der Waals surface area (Å²) in [4.78, 5) is 17.7. The molecule has 2 aliphatic rings. The molecule has 212 valence electrons. The number of piperidine rings is 1. The van der Waals surface area contributed by atoms with Gasteiger partial charge in [-0.1, -0.05) is 71.7 Å². The first-order valence-corrected chi connectivity index (χ1v) is 15.3. The van der Waals surface area contributed by atoms with E-state index in [1.165, 1.54) is 45.2 Å². The van der Waals surface area contributed by atoms with Crippen LogP contribution in [0.2, 0.25) is 0 Å². The highest BCUT2D eigenvalue weighted by atomic mass is 16.5. The molecule has 1 unspecified atom stereocenters. The van der Waals surface area contributed by atoms with E-state index in [1.54, 1.807) is 0 Å². The van der Waals surface area contributed by atoms with Crippen LogP contribution in [0.1, 0.15) is 89.9 Å². The molecule has 38 heavy (non-hydrogen) atoms. The van der Waals surface area contributed by atoms with Crippen molar-refractivity contribution < 1.29 is 9.53 Å². The Kier molecular flexibility index (Phi) is 15.8. The molecule has 0 saturated carbocycles. The van der Waals surface area contributed by atoms with Crippen molar-refractivity contribution in [3.63, 3.8) is 0 Å². The number of nitrogens with zero attached hydrogens (tertiary/aromatic N) is 2. The number of carbonyl (C=O) groups is 1. The summed E-state index contributed by atoms with van der Waals surface area (Å²) in [5, 5.41) is 3.52. The molecule has 2 heterocycles. The van der Waals surface area contributed by atoms with Gasteiger partial charge < -0.3 is 15.0 Å². The third-order valence-electron chi connectivity index (χ3n) is 7.17. The summed E-state index contributed by atoms with van der Waals surface area (Å²) in [6.07, 6.45) is 8.56. The van der Waals surface area contributed by atoms with E-state index in [2.05, 4.69) is 46.3 Å². The largest absolute Gasteiger partial charge is 0.492 e. The number of hydrogen-bond donors (Lipinski definition) is 1. The number of benzene rings is 2. The minimum absolute atomic E-state index is 0.156. The molecule has 0 spiro atoms. The van der Waals surface area contributed by atoms with Crippen LogP contribution >= 0.6 is 0 Å². The second kappa shape index (κ2) is 18.8. The van der Waals surface area contributed by atoms with Gasteiger partial charge in [0.15, 0.2) is 0 Å². The van der Waals surface area contributed by atoms with Gasteiger partial charge in [-0.15, -0.1) is 0 Å². The summed E-state index contributed by atoms with van der Waals surface area (Å²) >= 11 is 0. The minimum atomic E-state index is 0.156. The summed E-state index contributed by atoms with van der Waals surface area (Å²) < 4.78 is 5.96. The third-order valence-corrected chi connectivity index (χ3v) is 7.17. The van der Waals surface area contributed by atoms with E-state index < -0.39 is 0 Å². The maximum Gasteiger partial charge on any atom is 0.254 e. The van der Waals surface area contributed by atoms with E-state index in [0.717, 1.165) is 68.1 Å². The van der Waals surface area contributed by atoms with Gasteiger partial charge in [0.1, 0.15) is 12.4 Å². The van der Waals surface area contributed by atoms with Crippen LogP contribution in [0, 0.1) is 0 Å². The Bertz CT molecular complexity index is 876. The topological polar surface area (TPSA) is 44.8 Å². The smallest absolute Gasteiger partial charge is 0.254 e. The van der Waals surface area contributed by atoms with Crippen molar-refractivity contribution in [2.75, 3.05) is 45.9 Å². The number of likely N-dealkylation sites (tertiary alicyclic amines) is 2. The van der Waals surface area contributed by atoms with Gasteiger partial charge in [-0.05, 0) is 87.1 Å². The van der Waals surface area contributed by atoms with Crippen LogP contribution in [0.25, 0.3) is 11.1 Å². The lowest BCUT2D eigenvalue weighted by molar-refractivity contribution is 0.0736. The van der Waals surface area contributed by atoms with Crippen LogP contribution in [0.15, 0.2) is 48.5 Å². The number of nitrogens with one attached hydrogen (secondary N) is 1. The molecule has 5 heteroatoms. The SMILES string of the molecule is CC.CC.CCCCNCC1CCCN1C(=O)c1ccc(-c2ccc(OCCN3CCCCC3)cc2)cc1. The van der Waals surface area contributed by atoms with Crippen LogP contribution < -0.4 is 10.1 Å². The van der Waals surface area contributed by atoms with Crippen molar-refractivity contribution in [3.8, 4) is 16.9 Å². The van der Waals surface area contributed by atoms with Gasteiger partial charge in [-0.3, -0.25) is 9.69 Å². The lowest BCUT2D eigenvalue weighted by Crippen LogP contribution is -2.41. The van der Waals surface area contributed by atoms with Crippen molar-refractivity contribution in [2.24, 2.45) is 0 Å². The van der Waals surface area contributed by atoms with Crippen LogP contribution in [-0.2, 0) is 0 Å². The maximum absolute atomic E-state index is 13.1. The molecule has 0 aliphatic carbocycles. The molecule has 1 N–H and O–H groups in total. The molecule has 5 nitrogen and oxygen atoms in total. The minimum Gasteiger partial charge on any atom is -0.492 e. The zero-order valence-corrected chi connectivity index (χ0v) is 24.8. The highest BCUT2D eigenvalue weighted by Gasteiger charge is 2.28.